The smallest absolute Gasteiger partial charge is 0.0524 e. The second-order valence-corrected chi connectivity index (χ2v) is 2.92. The molecule has 1 aromatic heterocycles. The molecule has 0 aliphatic heterocycles. The Kier molecular flexibility index (Phi) is 3.29. The normalized spacial score (nSPS) is 10.6. The third-order valence-electron chi connectivity index (χ3n) is 2.09. The van der Waals surface area contributed by atoms with Crippen LogP contribution >= 0.6 is 0 Å². The van der Waals surface area contributed by atoms with Gasteiger partial charge in [-0.15, -0.1) is 0 Å². The van der Waals surface area contributed by atoms with Gasteiger partial charge in [-0.05, 0) is 24.8 Å². The van der Waals surface area contributed by atoms with Gasteiger partial charge in [-0.1, -0.05) is 6.92 Å². The van der Waals surface area contributed by atoms with Crippen LogP contribution in [0, 0.1) is 0 Å². The molecule has 1 rings (SSSR count). The highest BCUT2D eigenvalue weighted by molar-refractivity contribution is 5.17. The molecular formula is C9H16N2O. The zero-order valence-electron chi connectivity index (χ0n) is 7.75. The van der Waals surface area contributed by atoms with Gasteiger partial charge in [-0.2, -0.15) is 5.10 Å². The van der Waals surface area contributed by atoms with E-state index >= 15 is 0 Å². The van der Waals surface area contributed by atoms with Gasteiger partial charge in [-0.25, -0.2) is 0 Å². The molecule has 0 radical (unpaired) electrons. The van der Waals surface area contributed by atoms with Crippen molar-refractivity contribution in [1.29, 1.82) is 0 Å². The number of hydrogen-bond donors (Lipinski definition) is 1. The van der Waals surface area contributed by atoms with Gasteiger partial charge in [0.2, 0.25) is 0 Å². The van der Waals surface area contributed by atoms with Gasteiger partial charge in [0.05, 0.1) is 6.20 Å². The van der Waals surface area contributed by atoms with Gasteiger partial charge in [0.25, 0.3) is 0 Å². The highest BCUT2D eigenvalue weighted by Gasteiger charge is 2.04. The first-order chi connectivity index (χ1) is 5.79. The van der Waals surface area contributed by atoms with Crippen LogP contribution in [0.15, 0.2) is 6.20 Å². The largest absolute Gasteiger partial charge is 0.396 e. The number of aromatic nitrogens is 2. The summed E-state index contributed by atoms with van der Waals surface area (Å²) in [5.74, 6) is 0. The summed E-state index contributed by atoms with van der Waals surface area (Å²) in [6.45, 7) is 2.39. The van der Waals surface area contributed by atoms with Gasteiger partial charge < -0.3 is 5.11 Å². The van der Waals surface area contributed by atoms with E-state index in [1.165, 1.54) is 11.3 Å². The lowest BCUT2D eigenvalue weighted by molar-refractivity contribution is 0.288. The van der Waals surface area contributed by atoms with Crippen LogP contribution in [0.2, 0.25) is 0 Å². The molecule has 68 valence electrons. The van der Waals surface area contributed by atoms with Gasteiger partial charge in [0.15, 0.2) is 0 Å². The van der Waals surface area contributed by atoms with Crippen LogP contribution in [-0.2, 0) is 19.9 Å². The summed E-state index contributed by atoms with van der Waals surface area (Å²) in [4.78, 5) is 0. The van der Waals surface area contributed by atoms with Crippen molar-refractivity contribution in [2.24, 2.45) is 7.05 Å². The molecule has 0 atom stereocenters. The molecule has 3 heteroatoms. The van der Waals surface area contributed by atoms with Crippen molar-refractivity contribution in [3.8, 4) is 0 Å². The zero-order valence-corrected chi connectivity index (χ0v) is 7.75. The molecule has 0 bridgehead atoms. The van der Waals surface area contributed by atoms with Crippen LogP contribution in [0.5, 0.6) is 0 Å². The lowest BCUT2D eigenvalue weighted by Crippen LogP contribution is -1.99. The molecule has 0 spiro atoms. The summed E-state index contributed by atoms with van der Waals surface area (Å²) in [5.41, 5.74) is 2.55. The lowest BCUT2D eigenvalue weighted by atomic mass is 10.1. The van der Waals surface area contributed by atoms with Gasteiger partial charge in [0.1, 0.15) is 0 Å². The summed E-state index contributed by atoms with van der Waals surface area (Å²) in [6, 6.07) is 0. The Morgan fingerprint density at radius 1 is 1.58 bits per heavy atom. The molecule has 1 aromatic rings. The standard InChI is InChI=1S/C9H16N2O/c1-3-9-8(5-4-6-12)7-10-11(9)2/h7,12H,3-6H2,1-2H3. The average molecular weight is 168 g/mol. The van der Waals surface area contributed by atoms with E-state index in [4.69, 9.17) is 5.11 Å². The summed E-state index contributed by atoms with van der Waals surface area (Å²) >= 11 is 0. The van der Waals surface area contributed by atoms with Crippen LogP contribution < -0.4 is 0 Å². The third kappa shape index (κ3) is 1.85. The van der Waals surface area contributed by atoms with E-state index in [2.05, 4.69) is 12.0 Å². The summed E-state index contributed by atoms with van der Waals surface area (Å²) in [6.07, 6.45) is 4.68. The summed E-state index contributed by atoms with van der Waals surface area (Å²) in [7, 11) is 1.96. The van der Waals surface area contributed by atoms with Crippen molar-refractivity contribution in [3.05, 3.63) is 17.5 Å². The van der Waals surface area contributed by atoms with Crippen molar-refractivity contribution in [3.63, 3.8) is 0 Å². The number of rotatable bonds is 4. The second-order valence-electron chi connectivity index (χ2n) is 2.92. The molecule has 0 aliphatic rings. The Labute approximate surface area is 73.0 Å². The molecule has 0 unspecified atom stereocenters. The maximum absolute atomic E-state index is 8.67. The lowest BCUT2D eigenvalue weighted by Gasteiger charge is -2.01. The summed E-state index contributed by atoms with van der Waals surface area (Å²) < 4.78 is 1.91. The maximum Gasteiger partial charge on any atom is 0.0524 e. The van der Waals surface area contributed by atoms with Crippen LogP contribution in [0.1, 0.15) is 24.6 Å². The van der Waals surface area contributed by atoms with Crippen molar-refractivity contribution < 1.29 is 5.11 Å². The topological polar surface area (TPSA) is 38.1 Å². The maximum atomic E-state index is 8.67. The van der Waals surface area contributed by atoms with Crippen molar-refractivity contribution in [2.75, 3.05) is 6.61 Å². The van der Waals surface area contributed by atoms with Gasteiger partial charge in [-0.3, -0.25) is 4.68 Å². The molecule has 1 N–H and O–H groups in total. The van der Waals surface area contributed by atoms with E-state index in [0.717, 1.165) is 19.3 Å². The van der Waals surface area contributed by atoms with Crippen LogP contribution in [0.3, 0.4) is 0 Å². The van der Waals surface area contributed by atoms with E-state index in [-0.39, 0.29) is 6.61 Å². The van der Waals surface area contributed by atoms with Crippen molar-refractivity contribution in [1.82, 2.24) is 9.78 Å². The minimum atomic E-state index is 0.262. The monoisotopic (exact) mass is 168 g/mol. The highest BCUT2D eigenvalue weighted by atomic mass is 16.2. The Morgan fingerprint density at radius 2 is 2.33 bits per heavy atom. The predicted octanol–water partition coefficient (Wildman–Crippen LogP) is 0.907. The van der Waals surface area contributed by atoms with Gasteiger partial charge in [0, 0.05) is 19.3 Å². The Morgan fingerprint density at radius 3 is 2.92 bits per heavy atom. The van der Waals surface area contributed by atoms with Crippen LogP contribution in [0.4, 0.5) is 0 Å². The Hall–Kier alpha value is -0.830. The Bertz CT molecular complexity index is 243. The first-order valence-corrected chi connectivity index (χ1v) is 4.40. The van der Waals surface area contributed by atoms with Crippen LogP contribution in [0.25, 0.3) is 0 Å². The molecule has 1 heterocycles. The number of aryl methyl sites for hydroxylation is 2. The van der Waals surface area contributed by atoms with Crippen molar-refractivity contribution in [2.45, 2.75) is 26.2 Å². The van der Waals surface area contributed by atoms with E-state index in [1.54, 1.807) is 0 Å². The minimum absolute atomic E-state index is 0.262. The first kappa shape index (κ1) is 9.26. The molecule has 3 nitrogen and oxygen atoms in total. The number of aliphatic hydroxyl groups excluding tert-OH is 1. The minimum Gasteiger partial charge on any atom is -0.396 e. The molecule has 12 heavy (non-hydrogen) atoms. The molecule has 0 saturated carbocycles. The van der Waals surface area contributed by atoms with Gasteiger partial charge >= 0.3 is 0 Å². The molecule has 0 fully saturated rings. The van der Waals surface area contributed by atoms with E-state index in [9.17, 15) is 0 Å². The molecule has 0 amide bonds. The molecule has 0 saturated heterocycles. The number of hydrogen-bond acceptors (Lipinski definition) is 2. The van der Waals surface area contributed by atoms with E-state index < -0.39 is 0 Å². The molecule has 0 aliphatic carbocycles. The quantitative estimate of drug-likeness (QED) is 0.725. The fourth-order valence-electron chi connectivity index (χ4n) is 1.44. The molecule has 0 aromatic carbocycles. The first-order valence-electron chi connectivity index (χ1n) is 4.40. The van der Waals surface area contributed by atoms with E-state index in [1.807, 2.05) is 17.9 Å². The molecular weight excluding hydrogens is 152 g/mol. The summed E-state index contributed by atoms with van der Waals surface area (Å²) in [5, 5.41) is 12.8. The Balaban J connectivity index is 2.70. The fourth-order valence-corrected chi connectivity index (χ4v) is 1.44. The van der Waals surface area contributed by atoms with Crippen LogP contribution in [-0.4, -0.2) is 21.5 Å². The fraction of sp³-hybridized carbons (Fsp3) is 0.667. The second kappa shape index (κ2) is 4.26. The third-order valence-corrected chi connectivity index (χ3v) is 2.09. The zero-order chi connectivity index (χ0) is 8.97. The van der Waals surface area contributed by atoms with Crippen molar-refractivity contribution >= 4 is 0 Å². The SMILES string of the molecule is CCc1c(CCCO)cnn1C. The van der Waals surface area contributed by atoms with E-state index in [0.29, 0.717) is 0 Å². The predicted molar refractivity (Wildman–Crippen MR) is 48.0 cm³/mol. The average Bonchev–Trinajstić information content (AvgIpc) is 2.43. The number of aliphatic hydroxyl groups is 1. The number of nitrogens with zero attached hydrogens (tertiary/aromatic N) is 2. The highest BCUT2D eigenvalue weighted by Crippen LogP contribution is 2.09.